The Kier molecular flexibility index (Phi) is 5.69. The lowest BCUT2D eigenvalue weighted by molar-refractivity contribution is 0.0636. The molecule has 4 heteroatoms. The van der Waals surface area contributed by atoms with E-state index >= 15 is 0 Å². The van der Waals surface area contributed by atoms with Crippen LogP contribution in [0.15, 0.2) is 60.7 Å². The van der Waals surface area contributed by atoms with E-state index in [2.05, 4.69) is 5.32 Å². The lowest BCUT2D eigenvalue weighted by atomic mass is 9.92. The maximum absolute atomic E-state index is 12.3. The first-order chi connectivity index (χ1) is 10.7. The summed E-state index contributed by atoms with van der Waals surface area (Å²) in [7, 11) is 0. The molecule has 3 N–H and O–H groups in total. The molecule has 0 unspecified atom stereocenters. The minimum absolute atomic E-state index is 0.295. The molecule has 22 heavy (non-hydrogen) atoms. The summed E-state index contributed by atoms with van der Waals surface area (Å²) in [6.07, 6.45) is 1.12. The normalized spacial score (nSPS) is 11.2. The number of aliphatic hydroxyl groups excluding tert-OH is 2. The molecule has 2 aromatic rings. The van der Waals surface area contributed by atoms with Gasteiger partial charge in [-0.05, 0) is 30.5 Å². The first-order valence-electron chi connectivity index (χ1n) is 7.32. The summed E-state index contributed by atoms with van der Waals surface area (Å²) < 4.78 is 0. The van der Waals surface area contributed by atoms with Gasteiger partial charge in [0.2, 0.25) is 0 Å². The van der Waals surface area contributed by atoms with Crippen molar-refractivity contribution >= 4 is 5.91 Å². The standard InChI is InChI=1S/C18H21NO3/c20-13-18(14-21,12-11-15-7-3-1-4-8-15)19-17(22)16-9-5-2-6-10-16/h1-10,20-21H,11-14H2,(H,19,22). The number of amides is 1. The Balaban J connectivity index is 2.06. The minimum atomic E-state index is -1.03. The first kappa shape index (κ1) is 16.2. The number of aliphatic hydroxyl groups is 2. The van der Waals surface area contributed by atoms with Gasteiger partial charge in [-0.15, -0.1) is 0 Å². The number of carbonyl (C=O) groups is 1. The summed E-state index contributed by atoms with van der Waals surface area (Å²) in [5.74, 6) is -0.295. The Bertz CT molecular complexity index is 580. The molecule has 0 radical (unpaired) electrons. The van der Waals surface area contributed by atoms with Crippen molar-refractivity contribution < 1.29 is 15.0 Å². The van der Waals surface area contributed by atoms with Crippen molar-refractivity contribution in [1.29, 1.82) is 0 Å². The second-order valence-electron chi connectivity index (χ2n) is 5.40. The zero-order valence-corrected chi connectivity index (χ0v) is 12.4. The smallest absolute Gasteiger partial charge is 0.251 e. The molecule has 0 atom stereocenters. The predicted octanol–water partition coefficient (Wildman–Crippen LogP) is 1.77. The summed E-state index contributed by atoms with van der Waals surface area (Å²) in [5, 5.41) is 22.1. The highest BCUT2D eigenvalue weighted by molar-refractivity contribution is 5.94. The second kappa shape index (κ2) is 7.73. The van der Waals surface area contributed by atoms with Crippen molar-refractivity contribution in [2.24, 2.45) is 0 Å². The maximum atomic E-state index is 12.3. The molecular formula is C18H21NO3. The number of hydrogen-bond acceptors (Lipinski definition) is 3. The summed E-state index contributed by atoms with van der Waals surface area (Å²) in [6.45, 7) is -0.621. The topological polar surface area (TPSA) is 69.6 Å². The first-order valence-corrected chi connectivity index (χ1v) is 7.32. The van der Waals surface area contributed by atoms with Crippen LogP contribution in [-0.4, -0.2) is 34.9 Å². The molecule has 0 spiro atoms. The van der Waals surface area contributed by atoms with Crippen molar-refractivity contribution in [2.45, 2.75) is 18.4 Å². The number of nitrogens with one attached hydrogen (secondary N) is 1. The molecule has 0 aliphatic carbocycles. The molecule has 0 bridgehead atoms. The highest BCUT2D eigenvalue weighted by Crippen LogP contribution is 2.15. The molecule has 0 heterocycles. The van der Waals surface area contributed by atoms with Crippen molar-refractivity contribution in [1.82, 2.24) is 5.32 Å². The fourth-order valence-electron chi connectivity index (χ4n) is 2.28. The molecule has 0 saturated carbocycles. The largest absolute Gasteiger partial charge is 0.394 e. The Hall–Kier alpha value is -2.17. The van der Waals surface area contributed by atoms with Gasteiger partial charge in [0.25, 0.3) is 5.91 Å². The average Bonchev–Trinajstić information content (AvgIpc) is 2.60. The van der Waals surface area contributed by atoms with Gasteiger partial charge in [0, 0.05) is 5.56 Å². The third kappa shape index (κ3) is 4.16. The van der Waals surface area contributed by atoms with Crippen LogP contribution in [0.1, 0.15) is 22.3 Å². The van der Waals surface area contributed by atoms with Gasteiger partial charge in [-0.3, -0.25) is 4.79 Å². The van der Waals surface area contributed by atoms with Crippen LogP contribution in [0.2, 0.25) is 0 Å². The number of benzene rings is 2. The zero-order valence-electron chi connectivity index (χ0n) is 12.4. The maximum Gasteiger partial charge on any atom is 0.251 e. The monoisotopic (exact) mass is 299 g/mol. The van der Waals surface area contributed by atoms with Gasteiger partial charge in [-0.2, -0.15) is 0 Å². The van der Waals surface area contributed by atoms with Gasteiger partial charge < -0.3 is 15.5 Å². The van der Waals surface area contributed by atoms with Gasteiger partial charge in [0.1, 0.15) is 0 Å². The fraction of sp³-hybridized carbons (Fsp3) is 0.278. The quantitative estimate of drug-likeness (QED) is 0.730. The van der Waals surface area contributed by atoms with E-state index in [1.165, 1.54) is 0 Å². The average molecular weight is 299 g/mol. The molecule has 1 amide bonds. The molecule has 0 aliphatic heterocycles. The molecule has 2 aromatic carbocycles. The number of hydrogen-bond donors (Lipinski definition) is 3. The van der Waals surface area contributed by atoms with Crippen LogP contribution in [0.5, 0.6) is 0 Å². The third-order valence-corrected chi connectivity index (χ3v) is 3.76. The Morgan fingerprint density at radius 2 is 1.45 bits per heavy atom. The van der Waals surface area contributed by atoms with Crippen molar-refractivity contribution in [3.63, 3.8) is 0 Å². The van der Waals surface area contributed by atoms with Crippen LogP contribution in [-0.2, 0) is 6.42 Å². The fourth-order valence-corrected chi connectivity index (χ4v) is 2.28. The Morgan fingerprint density at radius 3 is 2.00 bits per heavy atom. The highest BCUT2D eigenvalue weighted by Gasteiger charge is 2.30. The Morgan fingerprint density at radius 1 is 0.909 bits per heavy atom. The molecule has 0 aliphatic rings. The number of aryl methyl sites for hydroxylation is 1. The summed E-state index contributed by atoms with van der Waals surface area (Å²) in [6, 6.07) is 18.6. The van der Waals surface area contributed by atoms with Crippen molar-refractivity contribution in [3.05, 3.63) is 71.8 Å². The van der Waals surface area contributed by atoms with E-state index in [0.717, 1.165) is 5.56 Å². The highest BCUT2D eigenvalue weighted by atomic mass is 16.3. The molecule has 116 valence electrons. The van der Waals surface area contributed by atoms with Crippen LogP contribution < -0.4 is 5.32 Å². The van der Waals surface area contributed by atoms with E-state index in [0.29, 0.717) is 18.4 Å². The van der Waals surface area contributed by atoms with E-state index in [-0.39, 0.29) is 19.1 Å². The Labute approximate surface area is 130 Å². The number of rotatable bonds is 7. The van der Waals surface area contributed by atoms with Crippen LogP contribution in [0.4, 0.5) is 0 Å². The van der Waals surface area contributed by atoms with E-state index in [1.807, 2.05) is 36.4 Å². The molecule has 4 nitrogen and oxygen atoms in total. The van der Waals surface area contributed by atoms with E-state index < -0.39 is 5.54 Å². The number of carbonyl (C=O) groups excluding carboxylic acids is 1. The minimum Gasteiger partial charge on any atom is -0.394 e. The van der Waals surface area contributed by atoms with Gasteiger partial charge in [0.05, 0.1) is 18.8 Å². The van der Waals surface area contributed by atoms with Crippen LogP contribution >= 0.6 is 0 Å². The lowest BCUT2D eigenvalue weighted by Crippen LogP contribution is -2.54. The molecule has 0 fully saturated rings. The molecule has 0 saturated heterocycles. The zero-order chi connectivity index (χ0) is 15.8. The molecule has 2 rings (SSSR count). The van der Waals surface area contributed by atoms with Crippen LogP contribution in [0.3, 0.4) is 0 Å². The summed E-state index contributed by atoms with van der Waals surface area (Å²) in [5.41, 5.74) is 0.583. The van der Waals surface area contributed by atoms with Gasteiger partial charge in [-0.1, -0.05) is 48.5 Å². The van der Waals surface area contributed by atoms with Crippen molar-refractivity contribution in [3.8, 4) is 0 Å². The van der Waals surface area contributed by atoms with Gasteiger partial charge in [-0.25, -0.2) is 0 Å². The van der Waals surface area contributed by atoms with Gasteiger partial charge >= 0.3 is 0 Å². The summed E-state index contributed by atoms with van der Waals surface area (Å²) >= 11 is 0. The SMILES string of the molecule is O=C(NC(CO)(CO)CCc1ccccc1)c1ccccc1. The summed E-state index contributed by atoms with van der Waals surface area (Å²) in [4.78, 5) is 12.3. The lowest BCUT2D eigenvalue weighted by Gasteiger charge is -2.31. The predicted molar refractivity (Wildman–Crippen MR) is 85.6 cm³/mol. The molecule has 0 aromatic heterocycles. The van der Waals surface area contributed by atoms with Crippen LogP contribution in [0, 0.1) is 0 Å². The molecular weight excluding hydrogens is 278 g/mol. The van der Waals surface area contributed by atoms with Gasteiger partial charge in [0.15, 0.2) is 0 Å². The van der Waals surface area contributed by atoms with E-state index in [1.54, 1.807) is 24.3 Å². The third-order valence-electron chi connectivity index (χ3n) is 3.76. The van der Waals surface area contributed by atoms with Crippen LogP contribution in [0.25, 0.3) is 0 Å². The van der Waals surface area contributed by atoms with Crippen molar-refractivity contribution in [2.75, 3.05) is 13.2 Å². The van der Waals surface area contributed by atoms with E-state index in [4.69, 9.17) is 0 Å². The second-order valence-corrected chi connectivity index (χ2v) is 5.40. The van der Waals surface area contributed by atoms with E-state index in [9.17, 15) is 15.0 Å².